The molecule has 2 aromatic rings. The summed E-state index contributed by atoms with van der Waals surface area (Å²) in [6, 6.07) is 9.12. The average Bonchev–Trinajstić information content (AvgIpc) is 3.00. The normalized spacial score (nSPS) is 17.8. The lowest BCUT2D eigenvalue weighted by atomic mass is 9.76. The van der Waals surface area contributed by atoms with Crippen molar-refractivity contribution < 1.29 is 19.1 Å². The Bertz CT molecular complexity index is 1040. The molecule has 170 valence electrons. The van der Waals surface area contributed by atoms with E-state index in [2.05, 4.69) is 26.6 Å². The second-order valence-electron chi connectivity index (χ2n) is 7.92. The van der Waals surface area contributed by atoms with Crippen LogP contribution in [0.2, 0.25) is 0 Å². The Kier molecular flexibility index (Phi) is 6.82. The molecule has 0 bridgehead atoms. The van der Waals surface area contributed by atoms with E-state index in [1.807, 2.05) is 30.0 Å². The molecule has 32 heavy (non-hydrogen) atoms. The molecule has 8 nitrogen and oxygen atoms in total. The number of amides is 2. The number of nitrogens with zero attached hydrogens (tertiary/aromatic N) is 1. The highest BCUT2D eigenvalue weighted by Crippen LogP contribution is 2.35. The molecule has 3 N–H and O–H groups in total. The summed E-state index contributed by atoms with van der Waals surface area (Å²) in [5, 5.41) is 14.4. The van der Waals surface area contributed by atoms with Crippen molar-refractivity contribution in [1.29, 1.82) is 5.41 Å². The number of halogens is 1. The second-order valence-corrected chi connectivity index (χ2v) is 10.4. The van der Waals surface area contributed by atoms with Crippen molar-refractivity contribution in [2.75, 3.05) is 30.0 Å². The predicted octanol–water partition coefficient (Wildman–Crippen LogP) is 4.67. The number of anilines is 2. The maximum atomic E-state index is 13.1. The Labute approximate surface area is 198 Å². The fourth-order valence-corrected chi connectivity index (χ4v) is 5.05. The van der Waals surface area contributed by atoms with E-state index in [1.165, 1.54) is 11.3 Å². The van der Waals surface area contributed by atoms with Gasteiger partial charge in [0.25, 0.3) is 0 Å². The molecule has 1 aromatic carbocycles. The van der Waals surface area contributed by atoms with Gasteiger partial charge in [0.15, 0.2) is 5.06 Å². The maximum Gasteiger partial charge on any atom is 0.414 e. The molecule has 0 radical (unpaired) electrons. The van der Waals surface area contributed by atoms with Crippen LogP contribution in [-0.2, 0) is 9.53 Å². The molecule has 10 heteroatoms. The molecule has 1 aliphatic carbocycles. The van der Waals surface area contributed by atoms with Gasteiger partial charge in [0, 0.05) is 24.3 Å². The van der Waals surface area contributed by atoms with Crippen molar-refractivity contribution in [3.05, 3.63) is 39.7 Å². The molecule has 0 unspecified atom stereocenters. The summed E-state index contributed by atoms with van der Waals surface area (Å²) in [5.74, 6) is 0.271. The summed E-state index contributed by atoms with van der Waals surface area (Å²) >= 11 is 4.63. The first kappa shape index (κ1) is 22.8. The van der Waals surface area contributed by atoms with Gasteiger partial charge >= 0.3 is 6.09 Å². The zero-order valence-electron chi connectivity index (χ0n) is 17.7. The molecular weight excluding hydrogens is 496 g/mol. The highest BCUT2D eigenvalue weighted by atomic mass is 79.9. The largest absolute Gasteiger partial charge is 0.414 e. The summed E-state index contributed by atoms with van der Waals surface area (Å²) in [6.45, 7) is 3.72. The summed E-state index contributed by atoms with van der Waals surface area (Å²) in [5.41, 5.74) is 1.56. The predicted molar refractivity (Wildman–Crippen MR) is 128 cm³/mol. The van der Waals surface area contributed by atoms with Gasteiger partial charge in [0.05, 0.1) is 17.0 Å². The first-order valence-electron chi connectivity index (χ1n) is 10.5. The van der Waals surface area contributed by atoms with E-state index in [1.54, 1.807) is 12.1 Å². The highest BCUT2D eigenvalue weighted by Gasteiger charge is 2.46. The fourth-order valence-electron chi connectivity index (χ4n) is 3.85. The lowest BCUT2D eigenvalue weighted by Crippen LogP contribution is -2.61. The highest BCUT2D eigenvalue weighted by molar-refractivity contribution is 9.11. The minimum atomic E-state index is -0.970. The maximum absolute atomic E-state index is 13.1. The van der Waals surface area contributed by atoms with Crippen molar-refractivity contribution in [1.82, 2.24) is 5.32 Å². The third kappa shape index (κ3) is 4.97. The Hall–Kier alpha value is -2.43. The number of nitrogens with one attached hydrogen (secondary N) is 3. The summed E-state index contributed by atoms with van der Waals surface area (Å²) < 4.78 is 11.6. The smallest absolute Gasteiger partial charge is 0.399 e. The van der Waals surface area contributed by atoms with E-state index in [4.69, 9.17) is 14.9 Å². The van der Waals surface area contributed by atoms with E-state index < -0.39 is 11.6 Å². The number of carbonyl (C=O) groups excluding carboxylic acids is 2. The molecule has 1 aromatic heterocycles. The first-order chi connectivity index (χ1) is 15.4. The Morgan fingerprint density at radius 3 is 2.72 bits per heavy atom. The molecule has 0 atom stereocenters. The Balaban J connectivity index is 1.42. The van der Waals surface area contributed by atoms with Gasteiger partial charge < -0.3 is 25.0 Å². The minimum absolute atomic E-state index is 0.254. The van der Waals surface area contributed by atoms with Gasteiger partial charge in [-0.3, -0.25) is 10.2 Å². The van der Waals surface area contributed by atoms with Crippen LogP contribution < -0.4 is 20.3 Å². The molecule has 1 aliphatic heterocycles. The van der Waals surface area contributed by atoms with Crippen LogP contribution in [0.1, 0.15) is 31.2 Å². The summed E-state index contributed by atoms with van der Waals surface area (Å²) in [7, 11) is 0. The van der Waals surface area contributed by atoms with E-state index in [0.29, 0.717) is 55.6 Å². The molecule has 4 rings (SSSR count). The second kappa shape index (κ2) is 9.60. The Morgan fingerprint density at radius 1 is 1.25 bits per heavy atom. The number of amidine groups is 1. The van der Waals surface area contributed by atoms with Gasteiger partial charge in [-0.2, -0.15) is 0 Å². The zero-order chi connectivity index (χ0) is 22.7. The minimum Gasteiger partial charge on any atom is -0.399 e. The SMILES string of the molecule is Cc1cc(NC(=O)C2(NC(=O)Oc3ccc(Br)s3)CCC2)ccc1N1CCOCCC1=N. The molecule has 1 saturated carbocycles. The topological polar surface area (TPSA) is 104 Å². The molecule has 1 saturated heterocycles. The van der Waals surface area contributed by atoms with Crippen molar-refractivity contribution >= 4 is 56.5 Å². The van der Waals surface area contributed by atoms with Crippen LogP contribution in [0.15, 0.2) is 34.1 Å². The molecule has 0 spiro atoms. The van der Waals surface area contributed by atoms with Crippen LogP contribution in [0.25, 0.3) is 0 Å². The lowest BCUT2D eigenvalue weighted by molar-refractivity contribution is -0.125. The van der Waals surface area contributed by atoms with E-state index in [9.17, 15) is 9.59 Å². The van der Waals surface area contributed by atoms with Crippen molar-refractivity contribution in [3.63, 3.8) is 0 Å². The standard InChI is InChI=1S/C22H25BrN4O4S/c1-14-13-15(3-4-16(14)27-10-12-30-11-7-18(27)24)25-20(28)22(8-2-9-22)26-21(29)31-19-6-5-17(23)32-19/h3-6,13,24H,2,7-12H2,1H3,(H,25,28)(H,26,29). The number of aryl methyl sites for hydroxylation is 1. The zero-order valence-corrected chi connectivity index (χ0v) is 20.1. The third-order valence-corrected chi connectivity index (χ3v) is 7.24. The number of rotatable bonds is 5. The van der Waals surface area contributed by atoms with Crippen LogP contribution in [-0.4, -0.2) is 43.1 Å². The van der Waals surface area contributed by atoms with Crippen LogP contribution in [0.4, 0.5) is 16.2 Å². The quantitative estimate of drug-likeness (QED) is 0.531. The number of hydrogen-bond donors (Lipinski definition) is 3. The summed E-state index contributed by atoms with van der Waals surface area (Å²) in [4.78, 5) is 27.4. The van der Waals surface area contributed by atoms with Crippen LogP contribution in [0, 0.1) is 12.3 Å². The van der Waals surface area contributed by atoms with Crippen molar-refractivity contribution in [2.45, 2.75) is 38.1 Å². The van der Waals surface area contributed by atoms with Gasteiger partial charge in [-0.05, 0) is 78.0 Å². The fraction of sp³-hybridized carbons (Fsp3) is 0.409. The van der Waals surface area contributed by atoms with Gasteiger partial charge in [0.1, 0.15) is 11.4 Å². The average molecular weight is 521 g/mol. The van der Waals surface area contributed by atoms with Gasteiger partial charge in [-0.15, -0.1) is 0 Å². The molecular formula is C22H25BrN4O4S. The van der Waals surface area contributed by atoms with E-state index >= 15 is 0 Å². The number of ether oxygens (including phenoxy) is 2. The first-order valence-corrected chi connectivity index (χ1v) is 12.1. The molecule has 2 fully saturated rings. The number of benzene rings is 1. The number of thiophene rings is 1. The number of carbonyl (C=O) groups is 2. The lowest BCUT2D eigenvalue weighted by Gasteiger charge is -2.40. The summed E-state index contributed by atoms with van der Waals surface area (Å²) in [6.07, 6.45) is 1.91. The van der Waals surface area contributed by atoms with Gasteiger partial charge in [0.2, 0.25) is 5.91 Å². The van der Waals surface area contributed by atoms with Crippen molar-refractivity contribution in [2.24, 2.45) is 0 Å². The molecule has 2 heterocycles. The van der Waals surface area contributed by atoms with Crippen LogP contribution >= 0.6 is 27.3 Å². The van der Waals surface area contributed by atoms with Crippen LogP contribution in [0.5, 0.6) is 5.06 Å². The Morgan fingerprint density at radius 2 is 2.06 bits per heavy atom. The third-order valence-electron chi connectivity index (χ3n) is 5.74. The van der Waals surface area contributed by atoms with Gasteiger partial charge in [-0.25, -0.2) is 4.79 Å². The van der Waals surface area contributed by atoms with Gasteiger partial charge in [-0.1, -0.05) is 11.3 Å². The van der Waals surface area contributed by atoms with Crippen molar-refractivity contribution in [3.8, 4) is 5.06 Å². The monoisotopic (exact) mass is 520 g/mol. The van der Waals surface area contributed by atoms with Crippen LogP contribution in [0.3, 0.4) is 0 Å². The van der Waals surface area contributed by atoms with E-state index in [0.717, 1.165) is 21.5 Å². The number of hydrogen-bond acceptors (Lipinski definition) is 6. The molecule has 2 aliphatic rings. The van der Waals surface area contributed by atoms with E-state index in [-0.39, 0.29) is 5.91 Å². The molecule has 2 amide bonds.